The molecule has 1 heterocycles. The molecule has 15 heavy (non-hydrogen) atoms. The van der Waals surface area contributed by atoms with Crippen LogP contribution in [0.2, 0.25) is 0 Å². The molecule has 0 aliphatic rings. The zero-order chi connectivity index (χ0) is 11.6. The van der Waals surface area contributed by atoms with Gasteiger partial charge in [0.2, 0.25) is 0 Å². The van der Waals surface area contributed by atoms with Gasteiger partial charge >= 0.3 is 5.97 Å². The van der Waals surface area contributed by atoms with E-state index in [0.717, 1.165) is 13.3 Å². The number of ether oxygens (including phenoxy) is 1. The molecule has 1 rings (SSSR count). The molecule has 0 aromatic carbocycles. The first-order valence-corrected chi connectivity index (χ1v) is 3.82. The number of alkyl halides is 2. The number of carbonyl (C=O) groups is 1. The molecular formula is C8H8F2N2O3. The highest BCUT2D eigenvalue weighted by molar-refractivity contribution is 5.95. The van der Waals surface area contributed by atoms with E-state index in [2.05, 4.69) is 9.72 Å². The second-order valence-electron chi connectivity index (χ2n) is 2.61. The van der Waals surface area contributed by atoms with E-state index in [1.165, 1.54) is 0 Å². The molecule has 0 saturated heterocycles. The average Bonchev–Trinajstić information content (AvgIpc) is 2.16. The number of rotatable bonds is 3. The highest BCUT2D eigenvalue weighted by Gasteiger charge is 2.26. The number of anilines is 1. The van der Waals surface area contributed by atoms with Crippen LogP contribution in [0.3, 0.4) is 0 Å². The van der Waals surface area contributed by atoms with Crippen molar-refractivity contribution in [3.8, 4) is 5.75 Å². The molecule has 0 bridgehead atoms. The summed E-state index contributed by atoms with van der Waals surface area (Å²) in [6, 6.07) is 0. The summed E-state index contributed by atoms with van der Waals surface area (Å²) in [5.41, 5.74) is 3.73. The molecule has 7 heteroatoms. The summed E-state index contributed by atoms with van der Waals surface area (Å²) in [6.45, 7) is 0. The lowest BCUT2D eigenvalue weighted by atomic mass is 10.1. The standard InChI is InChI=1S/C8H8F2N2O3/c1-15-3-2-12-7(11)5(8(13)14)4(3)6(9)10/h2,6H,1H3,(H2,11,12)(H,13,14). The van der Waals surface area contributed by atoms with E-state index in [4.69, 9.17) is 10.8 Å². The van der Waals surface area contributed by atoms with Gasteiger partial charge < -0.3 is 15.6 Å². The van der Waals surface area contributed by atoms with Crippen molar-refractivity contribution < 1.29 is 23.4 Å². The number of methoxy groups -OCH3 is 1. The third kappa shape index (κ3) is 1.95. The molecule has 0 unspecified atom stereocenters. The van der Waals surface area contributed by atoms with Crippen molar-refractivity contribution in [1.82, 2.24) is 4.98 Å². The average molecular weight is 218 g/mol. The number of hydrogen-bond acceptors (Lipinski definition) is 4. The van der Waals surface area contributed by atoms with Gasteiger partial charge in [-0.05, 0) is 0 Å². The molecule has 0 amide bonds. The van der Waals surface area contributed by atoms with Crippen LogP contribution in [0.5, 0.6) is 5.75 Å². The number of nitrogens with two attached hydrogens (primary N) is 1. The number of nitrogens with zero attached hydrogens (tertiary/aromatic N) is 1. The fraction of sp³-hybridized carbons (Fsp3) is 0.250. The number of carboxylic acids is 1. The second kappa shape index (κ2) is 4.07. The van der Waals surface area contributed by atoms with Crippen LogP contribution in [0.4, 0.5) is 14.6 Å². The van der Waals surface area contributed by atoms with Gasteiger partial charge in [-0.1, -0.05) is 0 Å². The van der Waals surface area contributed by atoms with Crippen molar-refractivity contribution in [1.29, 1.82) is 0 Å². The van der Waals surface area contributed by atoms with E-state index in [1.54, 1.807) is 0 Å². The number of hydrogen-bond donors (Lipinski definition) is 2. The van der Waals surface area contributed by atoms with E-state index in [0.29, 0.717) is 0 Å². The first-order chi connectivity index (χ1) is 6.99. The number of aromatic nitrogens is 1. The Balaban J connectivity index is 3.51. The molecule has 1 aromatic rings. The van der Waals surface area contributed by atoms with E-state index < -0.39 is 29.3 Å². The van der Waals surface area contributed by atoms with E-state index in [1.807, 2.05) is 0 Å². The van der Waals surface area contributed by atoms with Crippen LogP contribution in [-0.4, -0.2) is 23.2 Å². The first kappa shape index (κ1) is 11.2. The second-order valence-corrected chi connectivity index (χ2v) is 2.61. The number of halogens is 2. The summed E-state index contributed by atoms with van der Waals surface area (Å²) >= 11 is 0. The van der Waals surface area contributed by atoms with Gasteiger partial charge in [-0.15, -0.1) is 0 Å². The van der Waals surface area contributed by atoms with Crippen LogP contribution in [0.15, 0.2) is 6.20 Å². The molecule has 0 saturated carbocycles. The van der Waals surface area contributed by atoms with Crippen molar-refractivity contribution in [2.45, 2.75) is 6.43 Å². The lowest BCUT2D eigenvalue weighted by Gasteiger charge is -2.11. The Bertz CT molecular complexity index is 396. The lowest BCUT2D eigenvalue weighted by Crippen LogP contribution is -2.10. The van der Waals surface area contributed by atoms with Crippen molar-refractivity contribution in [2.75, 3.05) is 12.8 Å². The molecule has 3 N–H and O–H groups in total. The number of pyridine rings is 1. The van der Waals surface area contributed by atoms with E-state index in [-0.39, 0.29) is 5.75 Å². The number of carboxylic acid groups (broad SMARTS) is 1. The minimum absolute atomic E-state index is 0.295. The molecule has 0 aliphatic heterocycles. The van der Waals surface area contributed by atoms with Gasteiger partial charge in [-0.25, -0.2) is 18.6 Å². The Morgan fingerprint density at radius 3 is 2.67 bits per heavy atom. The maximum absolute atomic E-state index is 12.6. The minimum Gasteiger partial charge on any atom is -0.495 e. The molecule has 0 aliphatic carbocycles. The highest BCUT2D eigenvalue weighted by atomic mass is 19.3. The molecule has 0 atom stereocenters. The summed E-state index contributed by atoms with van der Waals surface area (Å²) in [5, 5.41) is 8.71. The largest absolute Gasteiger partial charge is 0.495 e. The Labute approximate surface area is 83.5 Å². The maximum atomic E-state index is 12.6. The van der Waals surface area contributed by atoms with Gasteiger partial charge in [0.25, 0.3) is 6.43 Å². The number of nitrogen functional groups attached to an aromatic ring is 1. The van der Waals surface area contributed by atoms with Gasteiger partial charge in [0, 0.05) is 0 Å². The molecule has 0 radical (unpaired) electrons. The van der Waals surface area contributed by atoms with Crippen LogP contribution in [0, 0.1) is 0 Å². The molecule has 82 valence electrons. The fourth-order valence-electron chi connectivity index (χ4n) is 1.13. The third-order valence-electron chi connectivity index (χ3n) is 1.76. The van der Waals surface area contributed by atoms with Gasteiger partial charge in [0.05, 0.1) is 18.9 Å². The number of aromatic carboxylic acids is 1. The van der Waals surface area contributed by atoms with Crippen molar-refractivity contribution >= 4 is 11.8 Å². The molecule has 1 aromatic heterocycles. The SMILES string of the molecule is COc1cnc(N)c(C(=O)O)c1C(F)F. The lowest BCUT2D eigenvalue weighted by molar-refractivity contribution is 0.0683. The normalized spacial score (nSPS) is 10.4. The Kier molecular flexibility index (Phi) is 3.03. The summed E-state index contributed by atoms with van der Waals surface area (Å²) in [7, 11) is 1.14. The van der Waals surface area contributed by atoms with Gasteiger partial charge in [-0.2, -0.15) is 0 Å². The molecular weight excluding hydrogens is 210 g/mol. The van der Waals surface area contributed by atoms with Crippen LogP contribution in [0.1, 0.15) is 22.3 Å². The summed E-state index contributed by atoms with van der Waals surface area (Å²) < 4.78 is 29.8. The highest BCUT2D eigenvalue weighted by Crippen LogP contribution is 2.33. The smallest absolute Gasteiger partial charge is 0.340 e. The molecule has 0 spiro atoms. The Morgan fingerprint density at radius 2 is 2.27 bits per heavy atom. The minimum atomic E-state index is -2.99. The van der Waals surface area contributed by atoms with E-state index in [9.17, 15) is 13.6 Å². The van der Waals surface area contributed by atoms with E-state index >= 15 is 0 Å². The van der Waals surface area contributed by atoms with Gasteiger partial charge in [-0.3, -0.25) is 0 Å². The predicted molar refractivity (Wildman–Crippen MR) is 47.1 cm³/mol. The first-order valence-electron chi connectivity index (χ1n) is 3.82. The third-order valence-corrected chi connectivity index (χ3v) is 1.76. The van der Waals surface area contributed by atoms with Crippen LogP contribution in [-0.2, 0) is 0 Å². The van der Waals surface area contributed by atoms with Crippen molar-refractivity contribution in [3.05, 3.63) is 17.3 Å². The van der Waals surface area contributed by atoms with Gasteiger partial charge in [0.1, 0.15) is 17.1 Å². The van der Waals surface area contributed by atoms with Crippen molar-refractivity contribution in [3.63, 3.8) is 0 Å². The quantitative estimate of drug-likeness (QED) is 0.798. The predicted octanol–water partition coefficient (Wildman–Crippen LogP) is 1.31. The molecule has 0 fully saturated rings. The zero-order valence-corrected chi connectivity index (χ0v) is 7.70. The zero-order valence-electron chi connectivity index (χ0n) is 7.70. The monoisotopic (exact) mass is 218 g/mol. The summed E-state index contributed by atoms with van der Waals surface area (Å²) in [4.78, 5) is 14.2. The fourth-order valence-corrected chi connectivity index (χ4v) is 1.13. The summed E-state index contributed by atoms with van der Waals surface area (Å²) in [6.07, 6.45) is -2.03. The molecule has 5 nitrogen and oxygen atoms in total. The Hall–Kier alpha value is -1.92. The van der Waals surface area contributed by atoms with Crippen LogP contribution in [0.25, 0.3) is 0 Å². The Morgan fingerprint density at radius 1 is 1.67 bits per heavy atom. The van der Waals surface area contributed by atoms with Gasteiger partial charge in [0.15, 0.2) is 0 Å². The topological polar surface area (TPSA) is 85.4 Å². The van der Waals surface area contributed by atoms with Crippen LogP contribution >= 0.6 is 0 Å². The van der Waals surface area contributed by atoms with Crippen LogP contribution < -0.4 is 10.5 Å². The van der Waals surface area contributed by atoms with Crippen molar-refractivity contribution in [2.24, 2.45) is 0 Å². The maximum Gasteiger partial charge on any atom is 0.340 e. The summed E-state index contributed by atoms with van der Waals surface area (Å²) in [5.74, 6) is -2.32.